The van der Waals surface area contributed by atoms with E-state index in [0.29, 0.717) is 17.9 Å². The molecule has 0 fully saturated rings. The molecule has 3 aromatic carbocycles. The second-order valence-corrected chi connectivity index (χ2v) is 6.83. The van der Waals surface area contributed by atoms with Crippen molar-refractivity contribution < 1.29 is 14.3 Å². The molecule has 0 saturated carbocycles. The van der Waals surface area contributed by atoms with Crippen LogP contribution < -0.4 is 14.8 Å². The largest absolute Gasteiger partial charge is 0.496 e. The fourth-order valence-electron chi connectivity index (χ4n) is 2.98. The Bertz CT molecular complexity index is 995. The Morgan fingerprint density at radius 1 is 0.964 bits per heavy atom. The minimum Gasteiger partial charge on any atom is -0.496 e. The van der Waals surface area contributed by atoms with Gasteiger partial charge in [0, 0.05) is 16.8 Å². The van der Waals surface area contributed by atoms with Gasteiger partial charge < -0.3 is 14.8 Å². The number of ether oxygens (including phenoxy) is 2. The van der Waals surface area contributed by atoms with E-state index < -0.39 is 0 Å². The van der Waals surface area contributed by atoms with Gasteiger partial charge in [-0.05, 0) is 73.9 Å². The SMILES string of the molecule is COc1ccc(C(=O)Nc2cccc(C)c2C)cc1COc1cccc(C)c1. The number of benzene rings is 3. The molecule has 0 aliphatic rings. The first kappa shape index (κ1) is 19.5. The van der Waals surface area contributed by atoms with Gasteiger partial charge in [0.2, 0.25) is 0 Å². The van der Waals surface area contributed by atoms with Crippen molar-refractivity contribution in [2.24, 2.45) is 0 Å². The topological polar surface area (TPSA) is 47.6 Å². The number of carbonyl (C=O) groups excluding carboxylic acids is 1. The van der Waals surface area contributed by atoms with Crippen LogP contribution in [0.4, 0.5) is 5.69 Å². The van der Waals surface area contributed by atoms with Crippen molar-refractivity contribution in [2.75, 3.05) is 12.4 Å². The second-order valence-electron chi connectivity index (χ2n) is 6.83. The third-order valence-electron chi connectivity index (χ3n) is 4.78. The quantitative estimate of drug-likeness (QED) is 0.623. The molecule has 0 radical (unpaired) electrons. The van der Waals surface area contributed by atoms with Gasteiger partial charge in [-0.3, -0.25) is 4.79 Å². The predicted octanol–water partition coefficient (Wildman–Crippen LogP) is 5.45. The van der Waals surface area contributed by atoms with E-state index in [-0.39, 0.29) is 5.91 Å². The van der Waals surface area contributed by atoms with E-state index in [1.807, 2.05) is 69.3 Å². The van der Waals surface area contributed by atoms with Crippen LogP contribution in [-0.2, 0) is 6.61 Å². The van der Waals surface area contributed by atoms with Gasteiger partial charge in [-0.15, -0.1) is 0 Å². The lowest BCUT2D eigenvalue weighted by molar-refractivity contribution is 0.102. The number of anilines is 1. The highest BCUT2D eigenvalue weighted by molar-refractivity contribution is 6.05. The molecule has 28 heavy (non-hydrogen) atoms. The summed E-state index contributed by atoms with van der Waals surface area (Å²) in [4.78, 5) is 12.8. The number of rotatable bonds is 6. The lowest BCUT2D eigenvalue weighted by Gasteiger charge is -2.14. The van der Waals surface area contributed by atoms with Crippen LogP contribution >= 0.6 is 0 Å². The molecule has 0 heterocycles. The lowest BCUT2D eigenvalue weighted by atomic mass is 10.1. The van der Waals surface area contributed by atoms with E-state index in [9.17, 15) is 4.79 Å². The van der Waals surface area contributed by atoms with Crippen molar-refractivity contribution in [3.05, 3.63) is 88.5 Å². The summed E-state index contributed by atoms with van der Waals surface area (Å²) >= 11 is 0. The van der Waals surface area contributed by atoms with Gasteiger partial charge in [0.15, 0.2) is 0 Å². The third-order valence-corrected chi connectivity index (χ3v) is 4.78. The van der Waals surface area contributed by atoms with Gasteiger partial charge in [0.05, 0.1) is 7.11 Å². The van der Waals surface area contributed by atoms with Gasteiger partial charge >= 0.3 is 0 Å². The Morgan fingerprint density at radius 3 is 2.50 bits per heavy atom. The Balaban J connectivity index is 1.79. The summed E-state index contributed by atoms with van der Waals surface area (Å²) in [6, 6.07) is 19.1. The molecule has 0 saturated heterocycles. The zero-order valence-corrected chi connectivity index (χ0v) is 16.7. The average Bonchev–Trinajstić information content (AvgIpc) is 2.69. The molecule has 144 valence electrons. The highest BCUT2D eigenvalue weighted by atomic mass is 16.5. The fraction of sp³-hybridized carbons (Fsp3) is 0.208. The molecule has 0 aliphatic heterocycles. The van der Waals surface area contributed by atoms with Crippen molar-refractivity contribution >= 4 is 11.6 Å². The van der Waals surface area contributed by atoms with Crippen LogP contribution in [0.25, 0.3) is 0 Å². The Morgan fingerprint density at radius 2 is 1.75 bits per heavy atom. The zero-order valence-electron chi connectivity index (χ0n) is 16.7. The second kappa shape index (κ2) is 8.61. The molecule has 0 atom stereocenters. The van der Waals surface area contributed by atoms with Gasteiger partial charge in [0.25, 0.3) is 5.91 Å². The van der Waals surface area contributed by atoms with Crippen molar-refractivity contribution in [3.8, 4) is 11.5 Å². The number of amides is 1. The minimum absolute atomic E-state index is 0.159. The average molecular weight is 375 g/mol. The molecule has 0 bridgehead atoms. The number of carbonyl (C=O) groups is 1. The van der Waals surface area contributed by atoms with Crippen LogP contribution in [0.5, 0.6) is 11.5 Å². The maximum Gasteiger partial charge on any atom is 0.255 e. The van der Waals surface area contributed by atoms with Crippen LogP contribution in [0.15, 0.2) is 60.7 Å². The van der Waals surface area contributed by atoms with E-state index in [1.54, 1.807) is 19.2 Å². The third kappa shape index (κ3) is 4.52. The zero-order chi connectivity index (χ0) is 20.1. The highest BCUT2D eigenvalue weighted by Gasteiger charge is 2.13. The normalized spacial score (nSPS) is 10.4. The molecule has 0 aromatic heterocycles. The van der Waals surface area contributed by atoms with Crippen molar-refractivity contribution in [2.45, 2.75) is 27.4 Å². The highest BCUT2D eigenvalue weighted by Crippen LogP contribution is 2.24. The predicted molar refractivity (Wildman–Crippen MR) is 112 cm³/mol. The molecular formula is C24H25NO3. The van der Waals surface area contributed by atoms with Crippen LogP contribution in [0, 0.1) is 20.8 Å². The summed E-state index contributed by atoms with van der Waals surface area (Å²) in [5, 5.41) is 2.99. The van der Waals surface area contributed by atoms with Gasteiger partial charge in [-0.2, -0.15) is 0 Å². The first-order chi connectivity index (χ1) is 13.5. The molecular weight excluding hydrogens is 350 g/mol. The molecule has 0 aliphatic carbocycles. The molecule has 0 spiro atoms. The van der Waals surface area contributed by atoms with E-state index in [1.165, 1.54) is 0 Å². The number of hydrogen-bond donors (Lipinski definition) is 1. The van der Waals surface area contributed by atoms with Crippen molar-refractivity contribution in [1.29, 1.82) is 0 Å². The maximum atomic E-state index is 12.8. The minimum atomic E-state index is -0.159. The Hall–Kier alpha value is -3.27. The number of nitrogens with one attached hydrogen (secondary N) is 1. The Kier molecular flexibility index (Phi) is 5.99. The molecule has 3 aromatic rings. The Labute approximate surface area is 166 Å². The first-order valence-corrected chi connectivity index (χ1v) is 9.22. The van der Waals surface area contributed by atoms with Gasteiger partial charge in [-0.1, -0.05) is 24.3 Å². The van der Waals surface area contributed by atoms with Crippen molar-refractivity contribution in [3.63, 3.8) is 0 Å². The monoisotopic (exact) mass is 375 g/mol. The van der Waals surface area contributed by atoms with Crippen LogP contribution in [0.3, 0.4) is 0 Å². The summed E-state index contributed by atoms with van der Waals surface area (Å²) < 4.78 is 11.3. The van der Waals surface area contributed by atoms with Crippen LogP contribution in [0.2, 0.25) is 0 Å². The van der Waals surface area contributed by atoms with E-state index in [2.05, 4.69) is 5.32 Å². The van der Waals surface area contributed by atoms with Gasteiger partial charge in [-0.25, -0.2) is 0 Å². The summed E-state index contributed by atoms with van der Waals surface area (Å²) in [6.45, 7) is 6.36. The summed E-state index contributed by atoms with van der Waals surface area (Å²) in [7, 11) is 1.61. The van der Waals surface area contributed by atoms with E-state index in [4.69, 9.17) is 9.47 Å². The molecule has 1 N–H and O–H groups in total. The smallest absolute Gasteiger partial charge is 0.255 e. The van der Waals surface area contributed by atoms with Crippen LogP contribution in [0.1, 0.15) is 32.6 Å². The molecule has 0 unspecified atom stereocenters. The summed E-state index contributed by atoms with van der Waals surface area (Å²) in [6.07, 6.45) is 0. The molecule has 4 heteroatoms. The fourth-order valence-corrected chi connectivity index (χ4v) is 2.98. The number of hydrogen-bond acceptors (Lipinski definition) is 3. The van der Waals surface area contributed by atoms with E-state index in [0.717, 1.165) is 33.7 Å². The summed E-state index contributed by atoms with van der Waals surface area (Å²) in [5.41, 5.74) is 5.53. The molecule has 1 amide bonds. The maximum absolute atomic E-state index is 12.8. The lowest BCUT2D eigenvalue weighted by Crippen LogP contribution is -2.14. The van der Waals surface area contributed by atoms with Crippen LogP contribution in [-0.4, -0.2) is 13.0 Å². The van der Waals surface area contributed by atoms with Crippen molar-refractivity contribution in [1.82, 2.24) is 0 Å². The summed E-state index contributed by atoms with van der Waals surface area (Å²) in [5.74, 6) is 1.32. The van der Waals surface area contributed by atoms with E-state index >= 15 is 0 Å². The number of methoxy groups -OCH3 is 1. The number of aryl methyl sites for hydroxylation is 2. The first-order valence-electron chi connectivity index (χ1n) is 9.22. The van der Waals surface area contributed by atoms with Gasteiger partial charge in [0.1, 0.15) is 18.1 Å². The molecule has 4 nitrogen and oxygen atoms in total. The molecule has 3 rings (SSSR count). The standard InChI is InChI=1S/C24H25NO3/c1-16-7-5-9-21(13-16)28-15-20-14-19(11-12-23(20)27-4)24(26)25-22-10-6-8-17(2)18(22)3/h5-14H,15H2,1-4H3,(H,25,26).